The summed E-state index contributed by atoms with van der Waals surface area (Å²) in [5, 5.41) is 0.967. The van der Waals surface area contributed by atoms with Gasteiger partial charge in [-0.15, -0.1) is 0 Å². The van der Waals surface area contributed by atoms with Gasteiger partial charge in [-0.1, -0.05) is 15.9 Å². The molecule has 0 aromatic carbocycles. The highest BCUT2D eigenvalue weighted by atomic mass is 79.9. The lowest BCUT2D eigenvalue weighted by Gasteiger charge is -2.17. The van der Waals surface area contributed by atoms with Crippen LogP contribution in [0.1, 0.15) is 12.1 Å². The summed E-state index contributed by atoms with van der Waals surface area (Å²) in [5.74, 6) is 0.762. The zero-order chi connectivity index (χ0) is 10.8. The van der Waals surface area contributed by atoms with Gasteiger partial charge in [0.05, 0.1) is 5.69 Å². The smallest absolute Gasteiger partial charge is 0.186 e. The normalized spacial score (nSPS) is 21.0. The molecule has 1 aromatic rings. The van der Waals surface area contributed by atoms with Gasteiger partial charge < -0.3 is 4.90 Å². The first-order chi connectivity index (χ1) is 7.22. The van der Waals surface area contributed by atoms with Crippen LogP contribution >= 0.6 is 15.9 Å². The third kappa shape index (κ3) is 2.12. The molecule has 82 valence electrons. The van der Waals surface area contributed by atoms with Crippen LogP contribution in [0.5, 0.6) is 0 Å². The predicted octanol–water partition coefficient (Wildman–Crippen LogP) is 2.15. The maximum absolute atomic E-state index is 13.7. The Hall–Kier alpha value is -0.710. The molecule has 0 radical (unpaired) electrons. The quantitative estimate of drug-likeness (QED) is 0.774. The third-order valence-electron chi connectivity index (χ3n) is 2.75. The van der Waals surface area contributed by atoms with E-state index in [9.17, 15) is 4.39 Å². The SMILES string of the molecule is Cc1ncnc(N2CCC(CBr)C2)c1F. The minimum Gasteiger partial charge on any atom is -0.354 e. The van der Waals surface area contributed by atoms with E-state index < -0.39 is 0 Å². The number of anilines is 1. The van der Waals surface area contributed by atoms with Crippen molar-refractivity contribution in [2.24, 2.45) is 5.92 Å². The first kappa shape index (κ1) is 10.8. The molecule has 3 nitrogen and oxygen atoms in total. The van der Waals surface area contributed by atoms with Crippen molar-refractivity contribution in [1.82, 2.24) is 9.97 Å². The maximum Gasteiger partial charge on any atom is 0.186 e. The molecule has 15 heavy (non-hydrogen) atoms. The molecule has 1 saturated heterocycles. The summed E-state index contributed by atoms with van der Waals surface area (Å²) in [6.07, 6.45) is 2.52. The van der Waals surface area contributed by atoms with Crippen molar-refractivity contribution in [3.05, 3.63) is 17.8 Å². The number of alkyl halides is 1. The number of aromatic nitrogens is 2. The van der Waals surface area contributed by atoms with E-state index in [1.54, 1.807) is 6.92 Å². The van der Waals surface area contributed by atoms with Crippen LogP contribution in [0.2, 0.25) is 0 Å². The molecular formula is C10H13BrFN3. The molecule has 2 rings (SSSR count). The number of hydrogen-bond acceptors (Lipinski definition) is 3. The molecule has 0 saturated carbocycles. The van der Waals surface area contributed by atoms with E-state index in [0.29, 0.717) is 17.4 Å². The Morgan fingerprint density at radius 1 is 1.60 bits per heavy atom. The van der Waals surface area contributed by atoms with Gasteiger partial charge in [0.25, 0.3) is 0 Å². The number of nitrogens with zero attached hydrogens (tertiary/aromatic N) is 3. The van der Waals surface area contributed by atoms with Gasteiger partial charge in [0.2, 0.25) is 0 Å². The summed E-state index contributed by atoms with van der Waals surface area (Å²) in [4.78, 5) is 9.84. The van der Waals surface area contributed by atoms with Crippen molar-refractivity contribution in [3.8, 4) is 0 Å². The summed E-state index contributed by atoms with van der Waals surface area (Å²) < 4.78 is 13.7. The largest absolute Gasteiger partial charge is 0.354 e. The Balaban J connectivity index is 2.20. The molecule has 2 heterocycles. The van der Waals surface area contributed by atoms with Crippen LogP contribution in [0.3, 0.4) is 0 Å². The summed E-state index contributed by atoms with van der Waals surface area (Å²) in [7, 11) is 0. The van der Waals surface area contributed by atoms with E-state index in [1.165, 1.54) is 6.33 Å². The molecule has 1 unspecified atom stereocenters. The minimum absolute atomic E-state index is 0.285. The van der Waals surface area contributed by atoms with E-state index in [-0.39, 0.29) is 5.82 Å². The molecule has 0 N–H and O–H groups in total. The van der Waals surface area contributed by atoms with Crippen molar-refractivity contribution < 1.29 is 4.39 Å². The van der Waals surface area contributed by atoms with E-state index in [1.807, 2.05) is 4.90 Å². The molecule has 1 aliphatic rings. The summed E-state index contributed by atoms with van der Waals surface area (Å²) in [6.45, 7) is 3.42. The van der Waals surface area contributed by atoms with Gasteiger partial charge in [-0.2, -0.15) is 0 Å². The number of halogens is 2. The molecule has 0 bridgehead atoms. The lowest BCUT2D eigenvalue weighted by atomic mass is 10.2. The van der Waals surface area contributed by atoms with Gasteiger partial charge in [-0.3, -0.25) is 0 Å². The molecule has 5 heteroatoms. The van der Waals surface area contributed by atoms with Crippen molar-refractivity contribution in [2.45, 2.75) is 13.3 Å². The second-order valence-electron chi connectivity index (χ2n) is 3.85. The topological polar surface area (TPSA) is 29.0 Å². The van der Waals surface area contributed by atoms with Gasteiger partial charge in [-0.25, -0.2) is 14.4 Å². The Labute approximate surface area is 96.8 Å². The highest BCUT2D eigenvalue weighted by Gasteiger charge is 2.25. The Morgan fingerprint density at radius 2 is 2.40 bits per heavy atom. The average molecular weight is 274 g/mol. The van der Waals surface area contributed by atoms with Gasteiger partial charge in [-0.05, 0) is 19.3 Å². The fourth-order valence-electron chi connectivity index (χ4n) is 1.82. The van der Waals surface area contributed by atoms with Gasteiger partial charge >= 0.3 is 0 Å². The van der Waals surface area contributed by atoms with E-state index in [4.69, 9.17) is 0 Å². The molecule has 0 spiro atoms. The van der Waals surface area contributed by atoms with Crippen LogP contribution < -0.4 is 4.90 Å². The maximum atomic E-state index is 13.7. The molecule has 1 fully saturated rings. The van der Waals surface area contributed by atoms with Crippen LogP contribution in [0.25, 0.3) is 0 Å². The van der Waals surface area contributed by atoms with E-state index in [2.05, 4.69) is 25.9 Å². The average Bonchev–Trinajstić information content (AvgIpc) is 2.70. The third-order valence-corrected chi connectivity index (χ3v) is 3.66. The Bertz CT molecular complexity index is 359. The van der Waals surface area contributed by atoms with Crippen LogP contribution in [0.4, 0.5) is 10.2 Å². The lowest BCUT2D eigenvalue weighted by Crippen LogP contribution is -2.23. The molecule has 1 aromatic heterocycles. The van der Waals surface area contributed by atoms with Crippen molar-refractivity contribution in [3.63, 3.8) is 0 Å². The number of aryl methyl sites for hydroxylation is 1. The number of hydrogen-bond donors (Lipinski definition) is 0. The first-order valence-electron chi connectivity index (χ1n) is 5.00. The monoisotopic (exact) mass is 273 g/mol. The second-order valence-corrected chi connectivity index (χ2v) is 4.50. The Kier molecular flexibility index (Phi) is 3.19. The lowest BCUT2D eigenvalue weighted by molar-refractivity contribution is 0.594. The van der Waals surface area contributed by atoms with Crippen molar-refractivity contribution in [1.29, 1.82) is 0 Å². The van der Waals surface area contributed by atoms with E-state index in [0.717, 1.165) is 24.8 Å². The van der Waals surface area contributed by atoms with Crippen LogP contribution in [-0.4, -0.2) is 28.4 Å². The van der Waals surface area contributed by atoms with Crippen LogP contribution in [0.15, 0.2) is 6.33 Å². The zero-order valence-corrected chi connectivity index (χ0v) is 10.2. The van der Waals surface area contributed by atoms with Crippen LogP contribution in [0, 0.1) is 18.7 Å². The summed E-state index contributed by atoms with van der Waals surface area (Å²) in [6, 6.07) is 0. The highest BCUT2D eigenvalue weighted by molar-refractivity contribution is 9.09. The fourth-order valence-corrected chi connectivity index (χ4v) is 2.35. The minimum atomic E-state index is -0.285. The van der Waals surface area contributed by atoms with Crippen LogP contribution in [-0.2, 0) is 0 Å². The van der Waals surface area contributed by atoms with Gasteiger partial charge in [0, 0.05) is 18.4 Å². The zero-order valence-electron chi connectivity index (χ0n) is 8.58. The molecular weight excluding hydrogens is 261 g/mol. The Morgan fingerprint density at radius 3 is 3.07 bits per heavy atom. The molecule has 1 aliphatic heterocycles. The fraction of sp³-hybridized carbons (Fsp3) is 0.600. The summed E-state index contributed by atoms with van der Waals surface area (Å²) >= 11 is 3.46. The van der Waals surface area contributed by atoms with Crippen molar-refractivity contribution in [2.75, 3.05) is 23.3 Å². The predicted molar refractivity (Wildman–Crippen MR) is 60.8 cm³/mol. The molecule has 0 amide bonds. The molecule has 0 aliphatic carbocycles. The van der Waals surface area contributed by atoms with E-state index >= 15 is 0 Å². The highest BCUT2D eigenvalue weighted by Crippen LogP contribution is 2.25. The molecule has 1 atom stereocenters. The van der Waals surface area contributed by atoms with Gasteiger partial charge in [0.15, 0.2) is 11.6 Å². The van der Waals surface area contributed by atoms with Gasteiger partial charge in [0.1, 0.15) is 6.33 Å². The first-order valence-corrected chi connectivity index (χ1v) is 6.12. The number of rotatable bonds is 2. The standard InChI is InChI=1S/C10H13BrFN3/c1-7-9(12)10(14-6-13-7)15-3-2-8(4-11)5-15/h6,8H,2-5H2,1H3. The second kappa shape index (κ2) is 4.43. The summed E-state index contributed by atoms with van der Waals surface area (Å²) in [5.41, 5.74) is 0.419. The van der Waals surface area contributed by atoms with Crippen molar-refractivity contribution >= 4 is 21.7 Å².